The van der Waals surface area contributed by atoms with Crippen LogP contribution in [-0.4, -0.2) is 32.4 Å². The van der Waals surface area contributed by atoms with Gasteiger partial charge in [-0.05, 0) is 36.2 Å². The Balaban J connectivity index is 2.67. The van der Waals surface area contributed by atoms with Gasteiger partial charge in [0, 0.05) is 7.05 Å². The molecule has 0 aromatic carbocycles. The minimum Gasteiger partial charge on any atom is -0.480 e. The second kappa shape index (κ2) is 6.25. The number of amides is 2. The highest BCUT2D eigenvalue weighted by atomic mass is 79.9. The van der Waals surface area contributed by atoms with Crippen LogP contribution in [-0.2, 0) is 24.8 Å². The van der Waals surface area contributed by atoms with E-state index in [4.69, 9.17) is 5.11 Å². The van der Waals surface area contributed by atoms with Crippen molar-refractivity contribution < 1.29 is 14.7 Å². The predicted octanol–water partition coefficient (Wildman–Crippen LogP) is 1.41. The van der Waals surface area contributed by atoms with Gasteiger partial charge >= 0.3 is 12.0 Å². The highest BCUT2D eigenvalue weighted by Gasteiger charge is 2.28. The monoisotopic (exact) mass is 346 g/mol. The highest BCUT2D eigenvalue weighted by Crippen LogP contribution is 2.21. The Bertz CT molecular complexity index is 525. The number of nitrogens with zero attached hydrogens (tertiary/aromatic N) is 2. The Kier molecular flexibility index (Phi) is 5.15. The molecule has 1 heterocycles. The predicted molar refractivity (Wildman–Crippen MR) is 77.4 cm³/mol. The van der Waals surface area contributed by atoms with Crippen LogP contribution in [0.1, 0.15) is 32.2 Å². The number of carboxylic acid groups (broad SMARTS) is 1. The zero-order valence-corrected chi connectivity index (χ0v) is 13.5. The number of aliphatic carboxylic acids is 1. The van der Waals surface area contributed by atoms with E-state index in [1.54, 1.807) is 11.7 Å². The van der Waals surface area contributed by atoms with Crippen molar-refractivity contribution in [2.75, 3.05) is 0 Å². The summed E-state index contributed by atoms with van der Waals surface area (Å²) >= 11 is 3.45. The number of urea groups is 1. The average Bonchev–Trinajstić information content (AvgIpc) is 2.61. The second-order valence-corrected chi connectivity index (χ2v) is 5.72. The van der Waals surface area contributed by atoms with Gasteiger partial charge in [-0.25, -0.2) is 9.59 Å². The Hall–Kier alpha value is -1.57. The molecule has 0 aliphatic heterocycles. The smallest absolute Gasteiger partial charge is 0.328 e. The first-order chi connectivity index (χ1) is 9.19. The largest absolute Gasteiger partial charge is 0.480 e. The molecule has 7 nitrogen and oxygen atoms in total. The van der Waals surface area contributed by atoms with E-state index in [1.807, 2.05) is 6.92 Å². The molecule has 0 atom stereocenters. The molecule has 0 unspecified atom stereocenters. The van der Waals surface area contributed by atoms with E-state index in [-0.39, 0.29) is 6.54 Å². The van der Waals surface area contributed by atoms with Crippen molar-refractivity contribution in [3.8, 4) is 0 Å². The second-order valence-electron chi connectivity index (χ2n) is 4.92. The molecule has 3 N–H and O–H groups in total. The topological polar surface area (TPSA) is 96.3 Å². The Morgan fingerprint density at radius 1 is 1.45 bits per heavy atom. The van der Waals surface area contributed by atoms with Crippen LogP contribution in [0.5, 0.6) is 0 Å². The molecular weight excluding hydrogens is 328 g/mol. The van der Waals surface area contributed by atoms with Gasteiger partial charge in [0.1, 0.15) is 5.54 Å². The van der Waals surface area contributed by atoms with Gasteiger partial charge in [-0.1, -0.05) is 6.92 Å². The number of hydrogen-bond donors (Lipinski definition) is 3. The summed E-state index contributed by atoms with van der Waals surface area (Å²) in [5.74, 6) is -1.09. The van der Waals surface area contributed by atoms with E-state index in [9.17, 15) is 9.59 Å². The molecule has 0 aliphatic rings. The summed E-state index contributed by atoms with van der Waals surface area (Å²) in [6.45, 7) is 5.09. The molecule has 0 saturated heterocycles. The molecule has 1 aromatic rings. The molecular formula is C12H19BrN4O3. The van der Waals surface area contributed by atoms with Crippen molar-refractivity contribution in [3.63, 3.8) is 0 Å². The molecule has 2 amide bonds. The number of halogens is 1. The lowest BCUT2D eigenvalue weighted by atomic mass is 10.1. The molecule has 0 aliphatic carbocycles. The van der Waals surface area contributed by atoms with Gasteiger partial charge in [-0.2, -0.15) is 5.10 Å². The summed E-state index contributed by atoms with van der Waals surface area (Å²) in [6, 6.07) is -0.538. The van der Waals surface area contributed by atoms with E-state index < -0.39 is 17.5 Å². The first-order valence-corrected chi connectivity index (χ1v) is 6.98. The van der Waals surface area contributed by atoms with Gasteiger partial charge in [0.15, 0.2) is 0 Å². The van der Waals surface area contributed by atoms with Gasteiger partial charge in [0.25, 0.3) is 0 Å². The molecule has 1 aromatic heterocycles. The lowest BCUT2D eigenvalue weighted by Gasteiger charge is -2.21. The molecule has 20 heavy (non-hydrogen) atoms. The number of nitrogens with one attached hydrogen (secondary N) is 2. The summed E-state index contributed by atoms with van der Waals surface area (Å²) in [7, 11) is 1.79. The first kappa shape index (κ1) is 16.5. The van der Waals surface area contributed by atoms with E-state index in [2.05, 4.69) is 31.7 Å². The van der Waals surface area contributed by atoms with Crippen molar-refractivity contribution >= 4 is 27.9 Å². The number of carbonyl (C=O) groups is 2. The van der Waals surface area contributed by atoms with Crippen LogP contribution in [0, 0.1) is 0 Å². The minimum absolute atomic E-state index is 0.256. The van der Waals surface area contributed by atoms with Crippen molar-refractivity contribution in [2.45, 2.75) is 39.3 Å². The quantitative estimate of drug-likeness (QED) is 0.750. The standard InChI is InChI=1S/C12H19BrN4O3/c1-5-7-9(13)8(17(4)16-7)6-14-11(20)15-12(2,3)10(18)19/h5-6H2,1-4H3,(H,18,19)(H2,14,15,20). The number of aryl methyl sites for hydroxylation is 2. The summed E-state index contributed by atoms with van der Waals surface area (Å²) in [4.78, 5) is 22.6. The van der Waals surface area contributed by atoms with Crippen LogP contribution in [0.2, 0.25) is 0 Å². The molecule has 0 radical (unpaired) electrons. The fourth-order valence-electron chi connectivity index (χ4n) is 1.56. The van der Waals surface area contributed by atoms with Gasteiger partial charge in [-0.15, -0.1) is 0 Å². The lowest BCUT2D eigenvalue weighted by Crippen LogP contribution is -2.53. The Labute approximate surface area is 125 Å². The first-order valence-electron chi connectivity index (χ1n) is 6.18. The molecule has 8 heteroatoms. The maximum Gasteiger partial charge on any atom is 0.328 e. The van der Waals surface area contributed by atoms with Crippen LogP contribution in [0.3, 0.4) is 0 Å². The fourth-order valence-corrected chi connectivity index (χ4v) is 2.31. The van der Waals surface area contributed by atoms with Crippen molar-refractivity contribution in [2.24, 2.45) is 7.05 Å². The molecule has 0 bridgehead atoms. The van der Waals surface area contributed by atoms with Gasteiger partial charge in [0.05, 0.1) is 22.4 Å². The molecule has 0 spiro atoms. The molecule has 112 valence electrons. The minimum atomic E-state index is -1.32. The van der Waals surface area contributed by atoms with Crippen molar-refractivity contribution in [1.29, 1.82) is 0 Å². The lowest BCUT2D eigenvalue weighted by molar-refractivity contribution is -0.142. The van der Waals surface area contributed by atoms with Crippen LogP contribution in [0.25, 0.3) is 0 Å². The summed E-state index contributed by atoms with van der Waals surface area (Å²) in [5.41, 5.74) is 0.420. The van der Waals surface area contributed by atoms with Crippen LogP contribution < -0.4 is 10.6 Å². The van der Waals surface area contributed by atoms with Crippen LogP contribution >= 0.6 is 15.9 Å². The van der Waals surface area contributed by atoms with Crippen LogP contribution in [0.15, 0.2) is 4.47 Å². The zero-order chi connectivity index (χ0) is 15.5. The van der Waals surface area contributed by atoms with Crippen molar-refractivity contribution in [3.05, 3.63) is 15.9 Å². The molecule has 0 saturated carbocycles. The fraction of sp³-hybridized carbons (Fsp3) is 0.583. The third-order valence-corrected chi connectivity index (χ3v) is 3.80. The van der Waals surface area contributed by atoms with Gasteiger partial charge in [0.2, 0.25) is 0 Å². The molecule has 1 rings (SSSR count). The third-order valence-electron chi connectivity index (χ3n) is 2.88. The SMILES string of the molecule is CCc1nn(C)c(CNC(=O)NC(C)(C)C(=O)O)c1Br. The number of rotatable bonds is 5. The summed E-state index contributed by atoms with van der Waals surface area (Å²) < 4.78 is 2.55. The van der Waals surface area contributed by atoms with E-state index in [1.165, 1.54) is 13.8 Å². The Morgan fingerprint density at radius 3 is 2.50 bits per heavy atom. The highest BCUT2D eigenvalue weighted by molar-refractivity contribution is 9.10. The van der Waals surface area contributed by atoms with E-state index >= 15 is 0 Å². The van der Waals surface area contributed by atoms with Gasteiger partial charge in [-0.3, -0.25) is 4.68 Å². The zero-order valence-electron chi connectivity index (χ0n) is 12.0. The third kappa shape index (κ3) is 3.72. The van der Waals surface area contributed by atoms with Crippen molar-refractivity contribution in [1.82, 2.24) is 20.4 Å². The maximum absolute atomic E-state index is 11.7. The number of carboxylic acids is 1. The average molecular weight is 347 g/mol. The number of aromatic nitrogens is 2. The molecule has 0 fully saturated rings. The maximum atomic E-state index is 11.7. The van der Waals surface area contributed by atoms with Crippen LogP contribution in [0.4, 0.5) is 4.79 Å². The normalized spacial score (nSPS) is 11.2. The van der Waals surface area contributed by atoms with Gasteiger partial charge < -0.3 is 15.7 Å². The Morgan fingerprint density at radius 2 is 2.05 bits per heavy atom. The number of hydrogen-bond acceptors (Lipinski definition) is 3. The summed E-state index contributed by atoms with van der Waals surface area (Å²) in [5, 5.41) is 18.3. The van der Waals surface area contributed by atoms with E-state index in [0.717, 1.165) is 22.3 Å². The van der Waals surface area contributed by atoms with E-state index in [0.29, 0.717) is 0 Å². The summed E-state index contributed by atoms with van der Waals surface area (Å²) in [6.07, 6.45) is 0.784. The number of carbonyl (C=O) groups excluding carboxylic acids is 1.